The highest BCUT2D eigenvalue weighted by Gasteiger charge is 2.25. The third kappa shape index (κ3) is 3.39. The standard InChI is InChI=1S/C19H25N3O3/c1-22(19(24)12-6-4-3-5-7-12)13-8-9-14-15(10-13)21-18(20)17(14)16(23)11-25-2/h8-10,12,21H,3-7,11,20H2,1-2H3. The van der Waals surface area contributed by atoms with Crippen LogP contribution in [0, 0.1) is 5.92 Å². The van der Waals surface area contributed by atoms with Gasteiger partial charge in [0, 0.05) is 36.7 Å². The third-order valence-electron chi connectivity index (χ3n) is 5.04. The number of nitrogens with one attached hydrogen (secondary N) is 1. The quantitative estimate of drug-likeness (QED) is 0.816. The molecule has 3 N–H and O–H groups in total. The summed E-state index contributed by atoms with van der Waals surface area (Å²) in [4.78, 5) is 29.7. The molecule has 0 atom stereocenters. The lowest BCUT2D eigenvalue weighted by Gasteiger charge is -2.26. The lowest BCUT2D eigenvalue weighted by Crippen LogP contribution is -2.33. The van der Waals surface area contributed by atoms with Gasteiger partial charge in [0.1, 0.15) is 12.4 Å². The number of fused-ring (bicyclic) bond motifs is 1. The Hall–Kier alpha value is -2.34. The summed E-state index contributed by atoms with van der Waals surface area (Å²) < 4.78 is 4.92. The molecule has 1 aromatic heterocycles. The van der Waals surface area contributed by atoms with Crippen molar-refractivity contribution in [3.8, 4) is 0 Å². The second kappa shape index (κ2) is 7.27. The molecule has 1 aliphatic rings. The van der Waals surface area contributed by atoms with Gasteiger partial charge in [-0.05, 0) is 31.0 Å². The van der Waals surface area contributed by atoms with E-state index in [0.717, 1.165) is 42.3 Å². The summed E-state index contributed by atoms with van der Waals surface area (Å²) in [6, 6.07) is 5.57. The topological polar surface area (TPSA) is 88.4 Å². The predicted molar refractivity (Wildman–Crippen MR) is 98.9 cm³/mol. The Morgan fingerprint density at radius 1 is 1.28 bits per heavy atom. The van der Waals surface area contributed by atoms with E-state index in [1.54, 1.807) is 11.9 Å². The second-order valence-corrected chi connectivity index (χ2v) is 6.73. The first-order valence-corrected chi connectivity index (χ1v) is 8.74. The van der Waals surface area contributed by atoms with Crippen molar-refractivity contribution in [3.63, 3.8) is 0 Å². The number of carbonyl (C=O) groups excluding carboxylic acids is 2. The third-order valence-corrected chi connectivity index (χ3v) is 5.04. The molecule has 1 saturated carbocycles. The van der Waals surface area contributed by atoms with Crippen LogP contribution < -0.4 is 10.6 Å². The minimum Gasteiger partial charge on any atom is -0.385 e. The number of aromatic amines is 1. The maximum absolute atomic E-state index is 12.7. The number of hydrogen-bond acceptors (Lipinski definition) is 4. The fourth-order valence-corrected chi connectivity index (χ4v) is 3.67. The number of methoxy groups -OCH3 is 1. The summed E-state index contributed by atoms with van der Waals surface area (Å²) in [6.45, 7) is -0.0149. The van der Waals surface area contributed by atoms with E-state index >= 15 is 0 Å². The monoisotopic (exact) mass is 343 g/mol. The van der Waals surface area contributed by atoms with E-state index in [4.69, 9.17) is 10.5 Å². The zero-order valence-corrected chi connectivity index (χ0v) is 14.8. The van der Waals surface area contributed by atoms with Crippen LogP contribution in [0.15, 0.2) is 18.2 Å². The average molecular weight is 343 g/mol. The van der Waals surface area contributed by atoms with E-state index < -0.39 is 0 Å². The van der Waals surface area contributed by atoms with E-state index in [0.29, 0.717) is 11.4 Å². The average Bonchev–Trinajstić information content (AvgIpc) is 2.96. The summed E-state index contributed by atoms with van der Waals surface area (Å²) >= 11 is 0. The molecule has 1 aliphatic carbocycles. The van der Waals surface area contributed by atoms with E-state index in [-0.39, 0.29) is 24.2 Å². The Kier molecular flexibility index (Phi) is 5.08. The lowest BCUT2D eigenvalue weighted by atomic mass is 9.88. The van der Waals surface area contributed by atoms with E-state index in [1.807, 2.05) is 18.2 Å². The number of ketones is 1. The number of ether oxygens (including phenoxy) is 1. The molecule has 0 radical (unpaired) electrons. The van der Waals surface area contributed by atoms with Gasteiger partial charge in [-0.2, -0.15) is 0 Å². The molecule has 1 amide bonds. The zero-order chi connectivity index (χ0) is 18.0. The van der Waals surface area contributed by atoms with Crippen LogP contribution in [0.1, 0.15) is 42.5 Å². The zero-order valence-electron chi connectivity index (χ0n) is 14.8. The van der Waals surface area contributed by atoms with Gasteiger partial charge in [-0.25, -0.2) is 0 Å². The fraction of sp³-hybridized carbons (Fsp3) is 0.474. The largest absolute Gasteiger partial charge is 0.385 e. The number of nitrogens with two attached hydrogens (primary N) is 1. The first-order valence-electron chi connectivity index (χ1n) is 8.74. The Morgan fingerprint density at radius 2 is 2.00 bits per heavy atom. The summed E-state index contributed by atoms with van der Waals surface area (Å²) in [5, 5.41) is 0.752. The molecule has 1 heterocycles. The summed E-state index contributed by atoms with van der Waals surface area (Å²) in [5.74, 6) is 0.442. The van der Waals surface area contributed by atoms with Gasteiger partial charge >= 0.3 is 0 Å². The van der Waals surface area contributed by atoms with Crippen molar-refractivity contribution in [2.45, 2.75) is 32.1 Å². The highest BCUT2D eigenvalue weighted by Crippen LogP contribution is 2.31. The van der Waals surface area contributed by atoms with Crippen molar-refractivity contribution < 1.29 is 14.3 Å². The smallest absolute Gasteiger partial charge is 0.229 e. The molecule has 0 bridgehead atoms. The minimum absolute atomic E-state index is 0.0149. The van der Waals surface area contributed by atoms with Crippen LogP contribution in [0.5, 0.6) is 0 Å². The van der Waals surface area contributed by atoms with Crippen LogP contribution in [0.4, 0.5) is 11.5 Å². The van der Waals surface area contributed by atoms with Crippen LogP contribution in [-0.4, -0.2) is 37.4 Å². The Morgan fingerprint density at radius 3 is 2.68 bits per heavy atom. The van der Waals surface area contributed by atoms with Gasteiger partial charge in [0.25, 0.3) is 0 Å². The molecule has 2 aromatic rings. The number of carbonyl (C=O) groups is 2. The van der Waals surface area contributed by atoms with Gasteiger partial charge in [0.2, 0.25) is 5.91 Å². The second-order valence-electron chi connectivity index (χ2n) is 6.73. The maximum atomic E-state index is 12.7. The van der Waals surface area contributed by atoms with Crippen LogP contribution in [-0.2, 0) is 9.53 Å². The molecule has 3 rings (SSSR count). The van der Waals surface area contributed by atoms with Gasteiger partial charge in [0.15, 0.2) is 5.78 Å². The molecule has 0 saturated heterocycles. The highest BCUT2D eigenvalue weighted by atomic mass is 16.5. The Bertz CT molecular complexity index is 791. The van der Waals surface area contributed by atoms with Crippen molar-refractivity contribution in [2.75, 3.05) is 31.4 Å². The van der Waals surface area contributed by atoms with Crippen molar-refractivity contribution in [2.24, 2.45) is 5.92 Å². The fourth-order valence-electron chi connectivity index (χ4n) is 3.67. The van der Waals surface area contributed by atoms with Crippen molar-refractivity contribution in [1.29, 1.82) is 0 Å². The molecule has 1 aromatic carbocycles. The van der Waals surface area contributed by atoms with E-state index in [2.05, 4.69) is 4.98 Å². The number of anilines is 2. The van der Waals surface area contributed by atoms with Gasteiger partial charge in [0.05, 0.1) is 5.56 Å². The van der Waals surface area contributed by atoms with E-state index in [9.17, 15) is 9.59 Å². The highest BCUT2D eigenvalue weighted by molar-refractivity contribution is 6.13. The van der Waals surface area contributed by atoms with E-state index in [1.165, 1.54) is 13.5 Å². The number of nitrogen functional groups attached to an aromatic ring is 1. The van der Waals surface area contributed by atoms with Crippen LogP contribution >= 0.6 is 0 Å². The molecule has 0 aliphatic heterocycles. The van der Waals surface area contributed by atoms with Gasteiger partial charge < -0.3 is 20.4 Å². The molecular formula is C19H25N3O3. The molecule has 25 heavy (non-hydrogen) atoms. The first-order chi connectivity index (χ1) is 12.0. The number of nitrogens with zero attached hydrogens (tertiary/aromatic N) is 1. The number of rotatable bonds is 5. The number of hydrogen-bond donors (Lipinski definition) is 2. The molecule has 6 nitrogen and oxygen atoms in total. The Balaban J connectivity index is 1.88. The number of H-pyrrole nitrogens is 1. The van der Waals surface area contributed by atoms with Gasteiger partial charge in [-0.3, -0.25) is 9.59 Å². The van der Waals surface area contributed by atoms with Crippen molar-refractivity contribution in [1.82, 2.24) is 4.98 Å². The molecule has 0 spiro atoms. The minimum atomic E-state index is -0.161. The van der Waals surface area contributed by atoms with Crippen molar-refractivity contribution in [3.05, 3.63) is 23.8 Å². The molecule has 134 valence electrons. The summed E-state index contributed by atoms with van der Waals surface area (Å²) in [7, 11) is 3.29. The first kappa shape index (κ1) is 17.5. The number of aromatic nitrogens is 1. The number of amides is 1. The Labute approximate surface area is 147 Å². The van der Waals surface area contributed by atoms with Crippen LogP contribution in [0.2, 0.25) is 0 Å². The predicted octanol–water partition coefficient (Wildman–Crippen LogP) is 3.12. The number of benzene rings is 1. The maximum Gasteiger partial charge on any atom is 0.229 e. The summed E-state index contributed by atoms with van der Waals surface area (Å²) in [5.41, 5.74) is 7.97. The summed E-state index contributed by atoms with van der Waals surface area (Å²) in [6.07, 6.45) is 5.41. The number of Topliss-reactive ketones (excluding diaryl/α,β-unsaturated/α-hetero) is 1. The van der Waals surface area contributed by atoms with Gasteiger partial charge in [-0.1, -0.05) is 19.3 Å². The molecule has 1 fully saturated rings. The van der Waals surface area contributed by atoms with Gasteiger partial charge in [-0.15, -0.1) is 0 Å². The van der Waals surface area contributed by atoms with Crippen molar-refractivity contribution >= 4 is 34.1 Å². The van der Waals surface area contributed by atoms with Crippen LogP contribution in [0.25, 0.3) is 10.9 Å². The molecular weight excluding hydrogens is 318 g/mol. The normalized spacial score (nSPS) is 15.4. The SMILES string of the molecule is COCC(=O)c1c(N)[nH]c2cc(N(C)C(=O)C3CCCCC3)ccc12. The molecule has 0 unspecified atom stereocenters. The molecule has 6 heteroatoms. The lowest BCUT2D eigenvalue weighted by molar-refractivity contribution is -0.123. The van der Waals surface area contributed by atoms with Crippen LogP contribution in [0.3, 0.4) is 0 Å².